The molecule has 1 heterocycles. The molecule has 0 amide bonds. The van der Waals surface area contributed by atoms with Crippen LogP contribution in [0.2, 0.25) is 0 Å². The Labute approximate surface area is 86.1 Å². The minimum Gasteiger partial charge on any atom is -0.378 e. The van der Waals surface area contributed by atoms with Gasteiger partial charge in [-0.15, -0.1) is 0 Å². The van der Waals surface area contributed by atoms with E-state index < -0.39 is 5.60 Å². The molecule has 13 heavy (non-hydrogen) atoms. The van der Waals surface area contributed by atoms with Crippen molar-refractivity contribution in [3.05, 3.63) is 28.5 Å². The zero-order chi connectivity index (χ0) is 9.90. The van der Waals surface area contributed by atoms with Crippen LogP contribution in [0.1, 0.15) is 19.4 Å². The van der Waals surface area contributed by atoms with E-state index in [0.717, 1.165) is 10.0 Å². The summed E-state index contributed by atoms with van der Waals surface area (Å²) in [5.41, 5.74) is -0.168. The number of hydrogen-bond donors (Lipinski definition) is 1. The molecule has 0 fully saturated rings. The van der Waals surface area contributed by atoms with Crippen LogP contribution in [0.25, 0.3) is 0 Å². The average molecular weight is 240 g/mol. The molecule has 0 aromatic carbocycles. The molecule has 1 aromatic rings. The molecule has 0 unspecified atom stereocenters. The van der Waals surface area contributed by atoms with Crippen LogP contribution in [-0.2, 0) is 0 Å². The SMILES string of the molecule is CC(C)(O)C#Cc1cncc(Br)c1. The third kappa shape index (κ3) is 4.07. The zero-order valence-electron chi connectivity index (χ0n) is 7.50. The molecule has 1 N–H and O–H groups in total. The fraction of sp³-hybridized carbons (Fsp3) is 0.300. The van der Waals surface area contributed by atoms with Crippen LogP contribution in [0.15, 0.2) is 22.9 Å². The van der Waals surface area contributed by atoms with E-state index in [2.05, 4.69) is 32.8 Å². The maximum atomic E-state index is 9.34. The highest BCUT2D eigenvalue weighted by Gasteiger charge is 2.05. The number of rotatable bonds is 0. The van der Waals surface area contributed by atoms with E-state index in [1.165, 1.54) is 0 Å². The summed E-state index contributed by atoms with van der Waals surface area (Å²) >= 11 is 3.29. The summed E-state index contributed by atoms with van der Waals surface area (Å²) in [7, 11) is 0. The smallest absolute Gasteiger partial charge is 0.120 e. The van der Waals surface area contributed by atoms with E-state index in [1.54, 1.807) is 26.2 Å². The number of aromatic nitrogens is 1. The Kier molecular flexibility index (Phi) is 3.07. The van der Waals surface area contributed by atoms with Crippen LogP contribution in [0, 0.1) is 11.8 Å². The summed E-state index contributed by atoms with van der Waals surface area (Å²) in [5.74, 6) is 5.54. The van der Waals surface area contributed by atoms with Gasteiger partial charge in [-0.2, -0.15) is 0 Å². The maximum Gasteiger partial charge on any atom is 0.120 e. The largest absolute Gasteiger partial charge is 0.378 e. The van der Waals surface area contributed by atoms with Crippen LogP contribution < -0.4 is 0 Å². The van der Waals surface area contributed by atoms with Crippen LogP contribution >= 0.6 is 15.9 Å². The van der Waals surface area contributed by atoms with Crippen molar-refractivity contribution in [2.75, 3.05) is 0 Å². The number of hydrogen-bond acceptors (Lipinski definition) is 2. The number of aliphatic hydroxyl groups is 1. The Bertz CT molecular complexity index is 357. The van der Waals surface area contributed by atoms with Gasteiger partial charge in [-0.3, -0.25) is 4.98 Å². The van der Waals surface area contributed by atoms with Crippen molar-refractivity contribution in [1.82, 2.24) is 4.98 Å². The molecule has 0 spiro atoms. The second kappa shape index (κ2) is 3.91. The molecular formula is C10H10BrNO. The predicted octanol–water partition coefficient (Wildman–Crippen LogP) is 1.97. The highest BCUT2D eigenvalue weighted by atomic mass is 79.9. The van der Waals surface area contributed by atoms with Crippen LogP contribution in [-0.4, -0.2) is 15.7 Å². The molecule has 1 aromatic heterocycles. The molecule has 0 saturated carbocycles. The van der Waals surface area contributed by atoms with Gasteiger partial charge >= 0.3 is 0 Å². The van der Waals surface area contributed by atoms with E-state index in [4.69, 9.17) is 0 Å². The van der Waals surface area contributed by atoms with Gasteiger partial charge in [-0.25, -0.2) is 0 Å². The monoisotopic (exact) mass is 239 g/mol. The quantitative estimate of drug-likeness (QED) is 0.703. The number of pyridine rings is 1. The van der Waals surface area contributed by atoms with Crippen molar-refractivity contribution in [2.24, 2.45) is 0 Å². The van der Waals surface area contributed by atoms with Gasteiger partial charge in [-0.1, -0.05) is 11.8 Å². The Morgan fingerprint density at radius 2 is 2.15 bits per heavy atom. The Hall–Kier alpha value is -0.850. The molecule has 3 heteroatoms. The first kappa shape index (κ1) is 10.2. The lowest BCUT2D eigenvalue weighted by Gasteiger charge is -2.05. The van der Waals surface area contributed by atoms with Crippen molar-refractivity contribution < 1.29 is 5.11 Å². The zero-order valence-corrected chi connectivity index (χ0v) is 9.09. The molecule has 68 valence electrons. The topological polar surface area (TPSA) is 33.1 Å². The summed E-state index contributed by atoms with van der Waals surface area (Å²) in [5, 5.41) is 9.34. The third-order valence-corrected chi connectivity index (χ3v) is 1.65. The molecule has 2 nitrogen and oxygen atoms in total. The van der Waals surface area contributed by atoms with E-state index in [0.29, 0.717) is 0 Å². The van der Waals surface area contributed by atoms with Crippen LogP contribution in [0.4, 0.5) is 0 Å². The molecule has 0 bridgehead atoms. The second-order valence-corrected chi connectivity index (χ2v) is 4.12. The average Bonchev–Trinajstić information content (AvgIpc) is 2.00. The van der Waals surface area contributed by atoms with Crippen molar-refractivity contribution >= 4 is 15.9 Å². The highest BCUT2D eigenvalue weighted by Crippen LogP contribution is 2.08. The molecular weight excluding hydrogens is 230 g/mol. The first-order valence-corrected chi connectivity index (χ1v) is 4.63. The van der Waals surface area contributed by atoms with Crippen molar-refractivity contribution in [1.29, 1.82) is 0 Å². The fourth-order valence-electron chi connectivity index (χ4n) is 0.705. The third-order valence-electron chi connectivity index (χ3n) is 1.22. The molecule has 0 aliphatic carbocycles. The fourth-order valence-corrected chi connectivity index (χ4v) is 1.07. The lowest BCUT2D eigenvalue weighted by molar-refractivity contribution is 0.143. The first-order valence-electron chi connectivity index (χ1n) is 3.83. The lowest BCUT2D eigenvalue weighted by Crippen LogP contribution is -2.14. The first-order chi connectivity index (χ1) is 5.97. The van der Waals surface area contributed by atoms with Gasteiger partial charge in [-0.05, 0) is 35.8 Å². The van der Waals surface area contributed by atoms with Gasteiger partial charge < -0.3 is 5.11 Å². The lowest BCUT2D eigenvalue weighted by atomic mass is 10.1. The molecule has 0 radical (unpaired) electrons. The van der Waals surface area contributed by atoms with E-state index in [1.807, 2.05) is 6.07 Å². The summed E-state index contributed by atoms with van der Waals surface area (Å²) in [6.07, 6.45) is 3.35. The summed E-state index contributed by atoms with van der Waals surface area (Å²) in [4.78, 5) is 3.95. The van der Waals surface area contributed by atoms with E-state index in [-0.39, 0.29) is 0 Å². The summed E-state index contributed by atoms with van der Waals surface area (Å²) in [6.45, 7) is 3.29. The molecule has 0 aliphatic rings. The maximum absolute atomic E-state index is 9.34. The highest BCUT2D eigenvalue weighted by molar-refractivity contribution is 9.10. The van der Waals surface area contributed by atoms with Crippen molar-refractivity contribution in [3.63, 3.8) is 0 Å². The predicted molar refractivity (Wildman–Crippen MR) is 55.1 cm³/mol. The second-order valence-electron chi connectivity index (χ2n) is 3.20. The molecule has 1 rings (SSSR count). The standard InChI is InChI=1S/C10H10BrNO/c1-10(2,13)4-3-8-5-9(11)7-12-6-8/h5-7,13H,1-2H3. The summed E-state index contributed by atoms with van der Waals surface area (Å²) in [6, 6.07) is 1.85. The molecule has 0 aliphatic heterocycles. The number of nitrogens with zero attached hydrogens (tertiary/aromatic N) is 1. The Balaban J connectivity index is 2.90. The van der Waals surface area contributed by atoms with Gasteiger partial charge in [0.05, 0.1) is 0 Å². The van der Waals surface area contributed by atoms with E-state index >= 15 is 0 Å². The van der Waals surface area contributed by atoms with Gasteiger partial charge in [0.1, 0.15) is 5.60 Å². The Morgan fingerprint density at radius 1 is 1.46 bits per heavy atom. The number of halogens is 1. The van der Waals surface area contributed by atoms with E-state index in [9.17, 15) is 5.11 Å². The van der Waals surface area contributed by atoms with Gasteiger partial charge in [0.25, 0.3) is 0 Å². The minimum atomic E-state index is -0.956. The van der Waals surface area contributed by atoms with Gasteiger partial charge in [0.15, 0.2) is 0 Å². The molecule has 0 atom stereocenters. The normalized spacial score (nSPS) is 10.5. The summed E-state index contributed by atoms with van der Waals surface area (Å²) < 4.78 is 0.884. The van der Waals surface area contributed by atoms with Crippen molar-refractivity contribution in [2.45, 2.75) is 19.4 Å². The Morgan fingerprint density at radius 3 is 2.69 bits per heavy atom. The van der Waals surface area contributed by atoms with Crippen LogP contribution in [0.5, 0.6) is 0 Å². The molecule has 0 saturated heterocycles. The van der Waals surface area contributed by atoms with Crippen molar-refractivity contribution in [3.8, 4) is 11.8 Å². The van der Waals surface area contributed by atoms with Gasteiger partial charge in [0.2, 0.25) is 0 Å². The van der Waals surface area contributed by atoms with Gasteiger partial charge in [0, 0.05) is 22.4 Å². The van der Waals surface area contributed by atoms with Crippen LogP contribution in [0.3, 0.4) is 0 Å². The minimum absolute atomic E-state index is 0.788.